The highest BCUT2D eigenvalue weighted by Crippen LogP contribution is 2.28. The van der Waals surface area contributed by atoms with Crippen LogP contribution >= 0.6 is 0 Å². The molecule has 6 heteroatoms. The second-order valence-corrected chi connectivity index (χ2v) is 5.44. The molecular formula is C17H25NO5. The van der Waals surface area contributed by atoms with Gasteiger partial charge in [-0.15, -0.1) is 0 Å². The van der Waals surface area contributed by atoms with E-state index in [-0.39, 0.29) is 22.8 Å². The summed E-state index contributed by atoms with van der Waals surface area (Å²) in [4.78, 5) is 28.6. The van der Waals surface area contributed by atoms with Crippen LogP contribution in [0, 0.1) is 5.92 Å². The van der Waals surface area contributed by atoms with Gasteiger partial charge in [0.25, 0.3) is 0 Å². The van der Waals surface area contributed by atoms with Crippen molar-refractivity contribution in [2.45, 2.75) is 45.4 Å². The van der Waals surface area contributed by atoms with Gasteiger partial charge in [0.05, 0.1) is 7.11 Å². The van der Waals surface area contributed by atoms with Gasteiger partial charge in [-0.2, -0.15) is 5.90 Å². The predicted octanol–water partition coefficient (Wildman–Crippen LogP) is 2.98. The summed E-state index contributed by atoms with van der Waals surface area (Å²) in [6, 6.07) is 4.22. The number of phenols is 1. The number of Topliss-reactive ketones (excluding diaryl/α,β-unsaturated/α-hetero) is 1. The van der Waals surface area contributed by atoms with Gasteiger partial charge in [0.15, 0.2) is 17.3 Å². The third-order valence-electron chi connectivity index (χ3n) is 3.78. The average molecular weight is 323 g/mol. The molecular weight excluding hydrogens is 298 g/mol. The number of carbonyl (C=O) groups excluding carboxylic acids is 2. The zero-order valence-electron chi connectivity index (χ0n) is 13.7. The second kappa shape index (κ2) is 9.84. The number of hydrogen-bond acceptors (Lipinski definition) is 6. The van der Waals surface area contributed by atoms with Crippen LogP contribution in [0.25, 0.3) is 0 Å². The first kappa shape index (κ1) is 19.0. The van der Waals surface area contributed by atoms with Crippen LogP contribution in [0.2, 0.25) is 0 Å². The van der Waals surface area contributed by atoms with Crippen molar-refractivity contribution in [3.63, 3.8) is 0 Å². The molecule has 0 aromatic heterocycles. The van der Waals surface area contributed by atoms with E-state index in [0.29, 0.717) is 6.42 Å². The molecule has 23 heavy (non-hydrogen) atoms. The first-order chi connectivity index (χ1) is 11.0. The van der Waals surface area contributed by atoms with Crippen molar-refractivity contribution in [3.8, 4) is 11.5 Å². The van der Waals surface area contributed by atoms with Crippen molar-refractivity contribution in [3.05, 3.63) is 23.8 Å². The molecule has 1 unspecified atom stereocenters. The minimum atomic E-state index is -0.934. The van der Waals surface area contributed by atoms with Gasteiger partial charge in [0.1, 0.15) is 5.92 Å². The number of phenolic OH excluding ortho intramolecular Hbond substituents is 1. The largest absolute Gasteiger partial charge is 0.504 e. The number of nitrogens with two attached hydrogens (primary N) is 1. The number of hydrogen-bond donors (Lipinski definition) is 2. The Labute approximate surface area is 136 Å². The third kappa shape index (κ3) is 5.56. The molecule has 0 spiro atoms. The Bertz CT molecular complexity index is 530. The quantitative estimate of drug-likeness (QED) is 0.297. The molecule has 128 valence electrons. The lowest BCUT2D eigenvalue weighted by atomic mass is 9.92. The van der Waals surface area contributed by atoms with Gasteiger partial charge >= 0.3 is 5.97 Å². The van der Waals surface area contributed by atoms with Gasteiger partial charge in [-0.05, 0) is 24.6 Å². The van der Waals surface area contributed by atoms with E-state index in [2.05, 4.69) is 11.8 Å². The summed E-state index contributed by atoms with van der Waals surface area (Å²) in [5.74, 6) is 3.01. The van der Waals surface area contributed by atoms with E-state index in [1.807, 2.05) is 0 Å². The summed E-state index contributed by atoms with van der Waals surface area (Å²) in [6.07, 6.45) is 5.43. The molecule has 0 heterocycles. The predicted molar refractivity (Wildman–Crippen MR) is 86.1 cm³/mol. The fourth-order valence-corrected chi connectivity index (χ4v) is 2.42. The molecule has 0 saturated heterocycles. The van der Waals surface area contributed by atoms with Crippen molar-refractivity contribution in [1.29, 1.82) is 0 Å². The Kier molecular flexibility index (Phi) is 8.11. The first-order valence-electron chi connectivity index (χ1n) is 7.86. The number of ether oxygens (including phenoxy) is 1. The topological polar surface area (TPSA) is 98.9 Å². The normalized spacial score (nSPS) is 11.8. The zero-order valence-corrected chi connectivity index (χ0v) is 13.7. The molecule has 1 aromatic rings. The van der Waals surface area contributed by atoms with Gasteiger partial charge in [-0.3, -0.25) is 4.79 Å². The number of carbonyl (C=O) groups is 2. The molecule has 1 aromatic carbocycles. The molecule has 0 bridgehead atoms. The van der Waals surface area contributed by atoms with Crippen molar-refractivity contribution in [1.82, 2.24) is 0 Å². The smallest absolute Gasteiger partial charge is 0.335 e. The number of methoxy groups -OCH3 is 1. The Morgan fingerprint density at radius 2 is 1.91 bits per heavy atom. The summed E-state index contributed by atoms with van der Waals surface area (Å²) in [7, 11) is 1.39. The summed E-state index contributed by atoms with van der Waals surface area (Å²) in [5.41, 5.74) is 0.281. The minimum absolute atomic E-state index is 0.0680. The minimum Gasteiger partial charge on any atom is -0.504 e. The summed E-state index contributed by atoms with van der Waals surface area (Å²) >= 11 is 0. The molecule has 1 rings (SSSR count). The molecule has 3 N–H and O–H groups in total. The van der Waals surface area contributed by atoms with Gasteiger partial charge in [-0.25, -0.2) is 4.79 Å². The van der Waals surface area contributed by atoms with Crippen molar-refractivity contribution in [2.24, 2.45) is 11.8 Å². The van der Waals surface area contributed by atoms with Gasteiger partial charge in [0, 0.05) is 5.56 Å². The maximum Gasteiger partial charge on any atom is 0.335 e. The fourth-order valence-electron chi connectivity index (χ4n) is 2.42. The molecule has 0 fully saturated rings. The van der Waals surface area contributed by atoms with Crippen LogP contribution in [-0.2, 0) is 9.63 Å². The molecule has 0 saturated carbocycles. The summed E-state index contributed by atoms with van der Waals surface area (Å²) in [6.45, 7) is 2.12. The number of rotatable bonds is 10. The third-order valence-corrected chi connectivity index (χ3v) is 3.78. The second-order valence-electron chi connectivity index (χ2n) is 5.44. The molecule has 0 aliphatic carbocycles. The van der Waals surface area contributed by atoms with Gasteiger partial charge in [0.2, 0.25) is 0 Å². The lowest BCUT2D eigenvalue weighted by Gasteiger charge is -2.14. The number of ketones is 1. The fraction of sp³-hybridized carbons (Fsp3) is 0.529. The van der Waals surface area contributed by atoms with E-state index in [0.717, 1.165) is 32.1 Å². The zero-order chi connectivity index (χ0) is 17.2. The molecule has 0 aliphatic heterocycles. The monoisotopic (exact) mass is 323 g/mol. The van der Waals surface area contributed by atoms with E-state index >= 15 is 0 Å². The SMILES string of the molecule is CCCCCCCC(C(=O)ON)C(=O)c1ccc(O)c(OC)c1. The number of aromatic hydroxyl groups is 1. The summed E-state index contributed by atoms with van der Waals surface area (Å²) < 4.78 is 4.98. The first-order valence-corrected chi connectivity index (χ1v) is 7.86. The number of unbranched alkanes of at least 4 members (excludes halogenated alkanes) is 4. The van der Waals surface area contributed by atoms with E-state index in [1.54, 1.807) is 0 Å². The summed E-state index contributed by atoms with van der Waals surface area (Å²) in [5, 5.41) is 9.59. The van der Waals surface area contributed by atoms with Gasteiger partial charge < -0.3 is 14.7 Å². The van der Waals surface area contributed by atoms with Crippen molar-refractivity contribution >= 4 is 11.8 Å². The Hall–Kier alpha value is -2.08. The molecule has 0 amide bonds. The highest BCUT2D eigenvalue weighted by Gasteiger charge is 2.29. The van der Waals surface area contributed by atoms with Crippen LogP contribution in [0.1, 0.15) is 55.8 Å². The molecule has 1 atom stereocenters. The Morgan fingerprint density at radius 1 is 1.22 bits per heavy atom. The van der Waals surface area contributed by atoms with Crippen LogP contribution in [-0.4, -0.2) is 24.0 Å². The Balaban J connectivity index is 2.81. The maximum atomic E-state index is 12.6. The van der Waals surface area contributed by atoms with E-state index < -0.39 is 11.9 Å². The van der Waals surface area contributed by atoms with Crippen LogP contribution in [0.15, 0.2) is 18.2 Å². The van der Waals surface area contributed by atoms with E-state index in [4.69, 9.17) is 10.6 Å². The van der Waals surface area contributed by atoms with E-state index in [9.17, 15) is 14.7 Å². The van der Waals surface area contributed by atoms with Crippen molar-refractivity contribution in [2.75, 3.05) is 7.11 Å². The highest BCUT2D eigenvalue weighted by atomic mass is 16.7. The molecule has 6 nitrogen and oxygen atoms in total. The lowest BCUT2D eigenvalue weighted by Crippen LogP contribution is -2.28. The molecule has 0 aliphatic rings. The van der Waals surface area contributed by atoms with Crippen LogP contribution < -0.4 is 10.6 Å². The standard InChI is InChI=1S/C17H25NO5/c1-3-4-5-6-7-8-13(17(21)23-18)16(20)12-9-10-14(19)15(11-12)22-2/h9-11,13,19H,3-8,18H2,1-2H3. The van der Waals surface area contributed by atoms with Crippen LogP contribution in [0.4, 0.5) is 0 Å². The van der Waals surface area contributed by atoms with Crippen molar-refractivity contribution < 1.29 is 24.3 Å². The average Bonchev–Trinajstić information content (AvgIpc) is 2.57. The Morgan fingerprint density at radius 3 is 2.52 bits per heavy atom. The van der Waals surface area contributed by atoms with Crippen LogP contribution in [0.5, 0.6) is 11.5 Å². The van der Waals surface area contributed by atoms with Gasteiger partial charge in [-0.1, -0.05) is 39.0 Å². The lowest BCUT2D eigenvalue weighted by molar-refractivity contribution is -0.147. The van der Waals surface area contributed by atoms with E-state index in [1.165, 1.54) is 25.3 Å². The molecule has 0 radical (unpaired) electrons. The van der Waals surface area contributed by atoms with Crippen LogP contribution in [0.3, 0.4) is 0 Å². The number of benzene rings is 1. The highest BCUT2D eigenvalue weighted by molar-refractivity contribution is 6.08. The maximum absolute atomic E-state index is 12.6.